The second kappa shape index (κ2) is 9.16. The molecule has 26 heavy (non-hydrogen) atoms. The first-order chi connectivity index (χ1) is 12.8. The third-order valence-electron chi connectivity index (χ3n) is 3.87. The summed E-state index contributed by atoms with van der Waals surface area (Å²) in [6, 6.07) is 24.0. The molecule has 0 saturated carbocycles. The molecule has 134 valence electrons. The lowest BCUT2D eigenvalue weighted by atomic mass is 10.2. The average Bonchev–Trinajstić information content (AvgIpc) is 2.67. The van der Waals surface area contributed by atoms with E-state index in [1.54, 1.807) is 0 Å². The topological polar surface area (TPSA) is 30.5 Å². The lowest BCUT2D eigenvalue weighted by Crippen LogP contribution is -2.04. The highest BCUT2D eigenvalue weighted by atomic mass is 35.5. The van der Waals surface area contributed by atoms with Crippen molar-refractivity contribution in [3.8, 4) is 11.5 Å². The smallest absolute Gasteiger partial charge is 0.180 e. The van der Waals surface area contributed by atoms with E-state index in [1.165, 1.54) is 0 Å². The molecular weight excluding hydrogens is 346 g/mol. The Labute approximate surface area is 159 Å². The van der Waals surface area contributed by atoms with Crippen LogP contribution in [0, 0.1) is 0 Å². The monoisotopic (exact) mass is 367 g/mol. The van der Waals surface area contributed by atoms with Gasteiger partial charge in [-0.05, 0) is 42.3 Å². The van der Waals surface area contributed by atoms with Crippen LogP contribution in [0.15, 0.2) is 72.8 Å². The van der Waals surface area contributed by atoms with Gasteiger partial charge in [0.2, 0.25) is 0 Å². The highest BCUT2D eigenvalue weighted by molar-refractivity contribution is 6.32. The van der Waals surface area contributed by atoms with Crippen LogP contribution in [0.25, 0.3) is 0 Å². The lowest BCUT2D eigenvalue weighted by Gasteiger charge is -2.16. The van der Waals surface area contributed by atoms with E-state index in [0.29, 0.717) is 36.3 Å². The highest BCUT2D eigenvalue weighted by Crippen LogP contribution is 2.37. The molecule has 0 unspecified atom stereocenters. The Kier molecular flexibility index (Phi) is 6.39. The molecule has 3 aromatic carbocycles. The number of hydrogen-bond donors (Lipinski definition) is 1. The maximum Gasteiger partial charge on any atom is 0.180 e. The zero-order valence-corrected chi connectivity index (χ0v) is 15.5. The van der Waals surface area contributed by atoms with E-state index in [0.717, 1.165) is 16.8 Å². The molecule has 0 bridgehead atoms. The van der Waals surface area contributed by atoms with Crippen LogP contribution >= 0.6 is 11.6 Å². The Morgan fingerprint density at radius 2 is 1.54 bits per heavy atom. The van der Waals surface area contributed by atoms with Gasteiger partial charge in [-0.2, -0.15) is 0 Å². The van der Waals surface area contributed by atoms with Gasteiger partial charge in [0.05, 0.1) is 11.6 Å². The summed E-state index contributed by atoms with van der Waals surface area (Å²) < 4.78 is 11.7. The Hall–Kier alpha value is -2.65. The summed E-state index contributed by atoms with van der Waals surface area (Å²) in [6.07, 6.45) is 0. The van der Waals surface area contributed by atoms with E-state index in [2.05, 4.69) is 5.32 Å². The zero-order valence-electron chi connectivity index (χ0n) is 14.7. The number of benzene rings is 3. The van der Waals surface area contributed by atoms with Crippen molar-refractivity contribution in [1.82, 2.24) is 0 Å². The van der Waals surface area contributed by atoms with Gasteiger partial charge >= 0.3 is 0 Å². The van der Waals surface area contributed by atoms with Crippen molar-refractivity contribution in [2.75, 3.05) is 11.9 Å². The van der Waals surface area contributed by atoms with Gasteiger partial charge in [0.15, 0.2) is 11.5 Å². The minimum atomic E-state index is 0.447. The number of ether oxygens (including phenoxy) is 2. The first-order valence-electron chi connectivity index (χ1n) is 8.67. The SMILES string of the molecule is CCOc1cc(CNc2ccccc2)cc(Cl)c1OCc1ccccc1. The van der Waals surface area contributed by atoms with E-state index < -0.39 is 0 Å². The van der Waals surface area contributed by atoms with Crippen molar-refractivity contribution in [3.63, 3.8) is 0 Å². The van der Waals surface area contributed by atoms with E-state index in [-0.39, 0.29) is 0 Å². The van der Waals surface area contributed by atoms with Crippen LogP contribution in [0.2, 0.25) is 5.02 Å². The summed E-state index contributed by atoms with van der Waals surface area (Å²) in [4.78, 5) is 0. The fraction of sp³-hybridized carbons (Fsp3) is 0.182. The van der Waals surface area contributed by atoms with Crippen LogP contribution in [0.1, 0.15) is 18.1 Å². The minimum Gasteiger partial charge on any atom is -0.490 e. The molecule has 0 aliphatic carbocycles. The molecule has 4 heteroatoms. The van der Waals surface area contributed by atoms with Gasteiger partial charge in [-0.3, -0.25) is 0 Å². The van der Waals surface area contributed by atoms with Gasteiger partial charge in [0.1, 0.15) is 6.61 Å². The first-order valence-corrected chi connectivity index (χ1v) is 9.05. The average molecular weight is 368 g/mol. The van der Waals surface area contributed by atoms with Crippen molar-refractivity contribution in [3.05, 3.63) is 88.9 Å². The molecule has 0 saturated heterocycles. The van der Waals surface area contributed by atoms with Crippen molar-refractivity contribution in [2.24, 2.45) is 0 Å². The Morgan fingerprint density at radius 1 is 0.846 bits per heavy atom. The fourth-order valence-electron chi connectivity index (χ4n) is 2.62. The highest BCUT2D eigenvalue weighted by Gasteiger charge is 2.13. The van der Waals surface area contributed by atoms with Gasteiger partial charge in [-0.1, -0.05) is 60.1 Å². The summed E-state index contributed by atoms with van der Waals surface area (Å²) in [5.41, 5.74) is 3.18. The predicted octanol–water partition coefficient (Wildman–Crippen LogP) is 5.93. The summed E-state index contributed by atoms with van der Waals surface area (Å²) >= 11 is 6.49. The third-order valence-corrected chi connectivity index (χ3v) is 4.15. The standard InChI is InChI=1S/C22H22ClNO2/c1-2-25-21-14-18(15-24-19-11-7-4-8-12-19)13-20(23)22(21)26-16-17-9-5-3-6-10-17/h3-14,24H,2,15-16H2,1H3. The second-order valence-electron chi connectivity index (χ2n) is 5.83. The zero-order chi connectivity index (χ0) is 18.2. The van der Waals surface area contributed by atoms with Crippen LogP contribution in [0.4, 0.5) is 5.69 Å². The molecule has 3 rings (SSSR count). The summed E-state index contributed by atoms with van der Waals surface area (Å²) in [5.74, 6) is 1.25. The molecule has 0 fully saturated rings. The van der Waals surface area contributed by atoms with Crippen molar-refractivity contribution < 1.29 is 9.47 Å². The quantitative estimate of drug-likeness (QED) is 0.535. The summed E-state index contributed by atoms with van der Waals surface area (Å²) in [5, 5.41) is 3.93. The Balaban J connectivity index is 1.74. The van der Waals surface area contributed by atoms with Crippen molar-refractivity contribution >= 4 is 17.3 Å². The Bertz CT molecular complexity index is 822. The number of rotatable bonds is 8. The van der Waals surface area contributed by atoms with E-state index in [9.17, 15) is 0 Å². The van der Waals surface area contributed by atoms with E-state index in [4.69, 9.17) is 21.1 Å². The molecule has 0 radical (unpaired) electrons. The number of para-hydroxylation sites is 1. The molecule has 3 nitrogen and oxygen atoms in total. The molecule has 0 spiro atoms. The normalized spacial score (nSPS) is 10.4. The van der Waals surface area contributed by atoms with Gasteiger partial charge in [0.25, 0.3) is 0 Å². The molecule has 0 aliphatic rings. The third kappa shape index (κ3) is 4.93. The van der Waals surface area contributed by atoms with E-state index in [1.807, 2.05) is 79.7 Å². The number of anilines is 1. The molecule has 0 aromatic heterocycles. The van der Waals surface area contributed by atoms with Crippen LogP contribution in [-0.2, 0) is 13.2 Å². The largest absolute Gasteiger partial charge is 0.490 e. The van der Waals surface area contributed by atoms with Crippen molar-refractivity contribution in [1.29, 1.82) is 0 Å². The van der Waals surface area contributed by atoms with Crippen LogP contribution < -0.4 is 14.8 Å². The number of hydrogen-bond acceptors (Lipinski definition) is 3. The minimum absolute atomic E-state index is 0.447. The van der Waals surface area contributed by atoms with Crippen LogP contribution in [0.5, 0.6) is 11.5 Å². The maximum absolute atomic E-state index is 6.49. The molecule has 0 aliphatic heterocycles. The molecular formula is C22H22ClNO2. The summed E-state index contributed by atoms with van der Waals surface area (Å²) in [6.45, 7) is 3.60. The molecule has 0 amide bonds. The van der Waals surface area contributed by atoms with Gasteiger partial charge in [0, 0.05) is 12.2 Å². The van der Waals surface area contributed by atoms with Gasteiger partial charge in [-0.25, -0.2) is 0 Å². The second-order valence-corrected chi connectivity index (χ2v) is 6.24. The van der Waals surface area contributed by atoms with Crippen LogP contribution in [0.3, 0.4) is 0 Å². The number of nitrogens with one attached hydrogen (secondary N) is 1. The maximum atomic E-state index is 6.49. The van der Waals surface area contributed by atoms with Crippen molar-refractivity contribution in [2.45, 2.75) is 20.1 Å². The molecule has 0 atom stereocenters. The number of halogens is 1. The fourth-order valence-corrected chi connectivity index (χ4v) is 2.90. The van der Waals surface area contributed by atoms with Crippen LogP contribution in [-0.4, -0.2) is 6.61 Å². The first kappa shape index (κ1) is 18.2. The lowest BCUT2D eigenvalue weighted by molar-refractivity contribution is 0.269. The summed E-state index contributed by atoms with van der Waals surface area (Å²) in [7, 11) is 0. The predicted molar refractivity (Wildman–Crippen MR) is 107 cm³/mol. The van der Waals surface area contributed by atoms with Gasteiger partial charge in [-0.15, -0.1) is 0 Å². The Morgan fingerprint density at radius 3 is 2.23 bits per heavy atom. The van der Waals surface area contributed by atoms with Gasteiger partial charge < -0.3 is 14.8 Å². The van der Waals surface area contributed by atoms with E-state index >= 15 is 0 Å². The molecule has 1 N–H and O–H groups in total. The molecule has 3 aromatic rings. The molecule has 0 heterocycles.